The van der Waals surface area contributed by atoms with Crippen molar-refractivity contribution in [3.8, 4) is 5.75 Å². The fourth-order valence-corrected chi connectivity index (χ4v) is 7.44. The molecule has 0 aromatic heterocycles. The fourth-order valence-electron chi connectivity index (χ4n) is 7.44. The molecule has 1 saturated carbocycles. The summed E-state index contributed by atoms with van der Waals surface area (Å²) in [6, 6.07) is -0.315. The van der Waals surface area contributed by atoms with Crippen LogP contribution in [-0.2, 0) is 28.7 Å². The van der Waals surface area contributed by atoms with Crippen LogP contribution in [0.3, 0.4) is 0 Å². The number of ketones is 2. The van der Waals surface area contributed by atoms with E-state index in [1.807, 2.05) is 0 Å². The summed E-state index contributed by atoms with van der Waals surface area (Å²) in [4.78, 5) is 40.5. The number of phenolic OH excluding ortho intramolecular Hbond substituents is 1. The maximum atomic E-state index is 14.6. The molecule has 13 heteroatoms. The number of benzene rings is 1. The number of allylic oxidation sites excluding steroid dienone is 1. The van der Waals surface area contributed by atoms with E-state index in [0.717, 1.165) is 38.2 Å². The summed E-state index contributed by atoms with van der Waals surface area (Å²) in [5.41, 5.74) is -1.38. The lowest BCUT2D eigenvalue weighted by molar-refractivity contribution is -0.148. The number of rotatable bonds is 5. The lowest BCUT2D eigenvalue weighted by Crippen LogP contribution is -2.63. The van der Waals surface area contributed by atoms with Crippen molar-refractivity contribution in [3.05, 3.63) is 51.0 Å². The number of halogens is 3. The summed E-state index contributed by atoms with van der Waals surface area (Å²) in [5.74, 6) is -8.96. The zero-order valence-electron chi connectivity index (χ0n) is 23.2. The molecule has 0 spiro atoms. The molecule has 228 valence electrons. The van der Waals surface area contributed by atoms with Gasteiger partial charge in [-0.15, -0.1) is 0 Å². The highest BCUT2D eigenvalue weighted by atomic mass is 19.4. The third kappa shape index (κ3) is 4.49. The van der Waals surface area contributed by atoms with Crippen molar-refractivity contribution in [1.29, 1.82) is 0 Å². The van der Waals surface area contributed by atoms with Crippen molar-refractivity contribution in [2.75, 3.05) is 14.1 Å². The van der Waals surface area contributed by atoms with Crippen LogP contribution in [0.5, 0.6) is 5.75 Å². The number of aliphatic hydroxyl groups excluding tert-OH is 2. The molecule has 4 aliphatic carbocycles. The Morgan fingerprint density at radius 1 is 1.14 bits per heavy atom. The van der Waals surface area contributed by atoms with E-state index in [0.29, 0.717) is 0 Å². The first-order valence-electron chi connectivity index (χ1n) is 13.9. The van der Waals surface area contributed by atoms with E-state index < -0.39 is 98.7 Å². The smallest absolute Gasteiger partial charge is 0.417 e. The standard InChI is InChI=1S/C29H34F3N3O7/c1-35(2)22-16-9-12-8-15-19(23(37)18(12)25(39)28(16,42)26(40)20(24(22)38)27(33)41)17(36)10-13(21(15)29(30,31)32)11-34-14-6-4-3-5-7-14/h10,12,14,16,22,34,36,38-39,42H,3-9,11H2,1-2H3,(H2,33,41)/t12-,16-,22-,28-/m0/s1. The maximum Gasteiger partial charge on any atom is 0.417 e. The minimum atomic E-state index is -4.88. The van der Waals surface area contributed by atoms with Crippen LogP contribution < -0.4 is 11.1 Å². The number of hydrogen-bond donors (Lipinski definition) is 6. The van der Waals surface area contributed by atoms with Gasteiger partial charge in [0.05, 0.1) is 17.2 Å². The Labute approximate surface area is 239 Å². The van der Waals surface area contributed by atoms with E-state index >= 15 is 0 Å². The highest BCUT2D eigenvalue weighted by Crippen LogP contribution is 2.53. The number of carbonyl (C=O) groups is 3. The van der Waals surface area contributed by atoms with Crippen molar-refractivity contribution < 1.29 is 48.0 Å². The van der Waals surface area contributed by atoms with E-state index in [-0.39, 0.29) is 24.6 Å². The Hall–Kier alpha value is -3.42. The molecule has 1 aromatic carbocycles. The molecule has 0 unspecified atom stereocenters. The number of phenols is 1. The normalized spacial score (nSPS) is 28.6. The van der Waals surface area contributed by atoms with Gasteiger partial charge >= 0.3 is 6.18 Å². The number of alkyl halides is 3. The SMILES string of the molecule is CN(C)[C@@H]1C(O)=C(C(N)=O)C(=O)[C@@]2(O)C(O)=C3C(=O)c4c(O)cc(CNC5CCCCC5)c(C(F)(F)F)c4C[C@H]3C[C@@H]12. The number of likely N-dealkylation sites (N-methyl/N-ethyl adjacent to an activating group) is 1. The molecule has 4 aliphatic rings. The third-order valence-corrected chi connectivity index (χ3v) is 9.28. The van der Waals surface area contributed by atoms with Gasteiger partial charge in [0, 0.05) is 24.1 Å². The summed E-state index contributed by atoms with van der Waals surface area (Å²) in [5, 5.41) is 47.8. The number of nitrogens with two attached hydrogens (primary N) is 1. The van der Waals surface area contributed by atoms with E-state index in [1.54, 1.807) is 0 Å². The molecule has 1 fully saturated rings. The van der Waals surface area contributed by atoms with E-state index in [2.05, 4.69) is 5.32 Å². The van der Waals surface area contributed by atoms with Gasteiger partial charge in [-0.25, -0.2) is 0 Å². The van der Waals surface area contributed by atoms with Crippen molar-refractivity contribution >= 4 is 17.5 Å². The van der Waals surface area contributed by atoms with Gasteiger partial charge in [0.1, 0.15) is 22.8 Å². The molecular formula is C29H34F3N3O7. The second kappa shape index (κ2) is 10.4. The second-order valence-electron chi connectivity index (χ2n) is 12.0. The van der Waals surface area contributed by atoms with Gasteiger partial charge in [-0.2, -0.15) is 13.2 Å². The lowest BCUT2D eigenvalue weighted by atomic mass is 9.58. The first-order chi connectivity index (χ1) is 19.6. The fraction of sp³-hybridized carbons (Fsp3) is 0.552. The van der Waals surface area contributed by atoms with Gasteiger partial charge in [-0.05, 0) is 62.9 Å². The number of primary amides is 1. The first-order valence-corrected chi connectivity index (χ1v) is 13.9. The first kappa shape index (κ1) is 30.1. The van der Waals surface area contributed by atoms with Crippen LogP contribution in [0.4, 0.5) is 13.2 Å². The van der Waals surface area contributed by atoms with Gasteiger partial charge in [0.15, 0.2) is 11.4 Å². The second-order valence-corrected chi connectivity index (χ2v) is 12.0. The van der Waals surface area contributed by atoms with Crippen molar-refractivity contribution in [2.24, 2.45) is 17.6 Å². The Balaban J connectivity index is 1.65. The van der Waals surface area contributed by atoms with Gasteiger partial charge < -0.3 is 31.5 Å². The van der Waals surface area contributed by atoms with Gasteiger partial charge in [-0.1, -0.05) is 19.3 Å². The Kier molecular flexibility index (Phi) is 7.43. The molecule has 10 nitrogen and oxygen atoms in total. The summed E-state index contributed by atoms with van der Waals surface area (Å²) >= 11 is 0. The number of aromatic hydroxyl groups is 1. The van der Waals surface area contributed by atoms with E-state index in [9.17, 15) is 48.0 Å². The number of Topliss-reactive ketones (excluding diaryl/α,β-unsaturated/α-hetero) is 2. The predicted molar refractivity (Wildman–Crippen MR) is 142 cm³/mol. The zero-order chi connectivity index (χ0) is 30.9. The topological polar surface area (TPSA) is 173 Å². The molecule has 7 N–H and O–H groups in total. The molecule has 1 amide bonds. The van der Waals surface area contributed by atoms with Crippen LogP contribution in [0, 0.1) is 11.8 Å². The molecule has 4 atom stereocenters. The number of aliphatic hydroxyl groups is 3. The number of nitrogens with one attached hydrogen (secondary N) is 1. The number of amides is 1. The summed E-state index contributed by atoms with van der Waals surface area (Å²) in [7, 11) is 2.94. The van der Waals surface area contributed by atoms with Crippen LogP contribution >= 0.6 is 0 Å². The maximum absolute atomic E-state index is 14.6. The highest BCUT2D eigenvalue weighted by molar-refractivity contribution is 6.24. The predicted octanol–water partition coefficient (Wildman–Crippen LogP) is 2.56. The van der Waals surface area contributed by atoms with Crippen molar-refractivity contribution in [2.45, 2.75) is 75.4 Å². The van der Waals surface area contributed by atoms with Crippen molar-refractivity contribution in [3.63, 3.8) is 0 Å². The third-order valence-electron chi connectivity index (χ3n) is 9.28. The largest absolute Gasteiger partial charge is 0.510 e. The molecule has 0 aliphatic heterocycles. The Morgan fingerprint density at radius 2 is 1.79 bits per heavy atom. The molecule has 0 radical (unpaired) electrons. The van der Waals surface area contributed by atoms with Crippen LogP contribution in [-0.4, -0.2) is 74.6 Å². The van der Waals surface area contributed by atoms with Crippen LogP contribution in [0.2, 0.25) is 0 Å². The minimum Gasteiger partial charge on any atom is -0.510 e. The van der Waals surface area contributed by atoms with Crippen LogP contribution in [0.1, 0.15) is 65.6 Å². The zero-order valence-corrected chi connectivity index (χ0v) is 23.2. The van der Waals surface area contributed by atoms with Gasteiger partial charge in [0.25, 0.3) is 5.91 Å². The number of carbonyl (C=O) groups excluding carboxylic acids is 3. The number of fused-ring (bicyclic) bond motifs is 3. The van der Waals surface area contributed by atoms with Crippen molar-refractivity contribution in [1.82, 2.24) is 10.2 Å². The van der Waals surface area contributed by atoms with Gasteiger partial charge in [0.2, 0.25) is 5.78 Å². The summed E-state index contributed by atoms with van der Waals surface area (Å²) in [6.07, 6.45) is -0.992. The molecule has 5 rings (SSSR count). The Bertz CT molecular complexity index is 1430. The lowest BCUT2D eigenvalue weighted by Gasteiger charge is -2.50. The highest BCUT2D eigenvalue weighted by Gasteiger charge is 2.63. The monoisotopic (exact) mass is 593 g/mol. The quantitative estimate of drug-likeness (QED) is 0.281. The van der Waals surface area contributed by atoms with E-state index in [4.69, 9.17) is 5.73 Å². The van der Waals surface area contributed by atoms with E-state index in [1.165, 1.54) is 19.0 Å². The molecular weight excluding hydrogens is 559 g/mol. The molecule has 0 saturated heterocycles. The summed E-state index contributed by atoms with van der Waals surface area (Å²) < 4.78 is 43.9. The summed E-state index contributed by atoms with van der Waals surface area (Å²) in [6.45, 7) is -0.179. The van der Waals surface area contributed by atoms with Crippen LogP contribution in [0.25, 0.3) is 0 Å². The average molecular weight is 594 g/mol. The van der Waals surface area contributed by atoms with Crippen LogP contribution in [0.15, 0.2) is 28.7 Å². The molecule has 1 aromatic rings. The molecule has 0 bridgehead atoms. The Morgan fingerprint density at radius 3 is 2.36 bits per heavy atom. The number of hydrogen-bond acceptors (Lipinski definition) is 9. The van der Waals surface area contributed by atoms with Gasteiger partial charge in [-0.3, -0.25) is 19.3 Å². The molecule has 0 heterocycles. The number of nitrogens with zero attached hydrogens (tertiary/aromatic N) is 1. The average Bonchev–Trinajstić information content (AvgIpc) is 2.88. The molecule has 42 heavy (non-hydrogen) atoms. The minimum absolute atomic E-state index is 0.0278.